The lowest BCUT2D eigenvalue weighted by Crippen LogP contribution is -2.41. The molecule has 0 spiro atoms. The Bertz CT molecular complexity index is 1380. The van der Waals surface area contributed by atoms with Gasteiger partial charge in [-0.05, 0) is 50.6 Å². The predicted octanol–water partition coefficient (Wildman–Crippen LogP) is 4.56. The second kappa shape index (κ2) is 10.8. The number of anilines is 1. The zero-order valence-electron chi connectivity index (χ0n) is 20.3. The molecule has 37 heavy (non-hydrogen) atoms. The van der Waals surface area contributed by atoms with Crippen molar-refractivity contribution in [3.05, 3.63) is 76.8 Å². The van der Waals surface area contributed by atoms with Crippen molar-refractivity contribution in [2.24, 2.45) is 0 Å². The van der Waals surface area contributed by atoms with Crippen LogP contribution in [0.1, 0.15) is 44.9 Å². The highest BCUT2D eigenvalue weighted by Gasteiger charge is 2.37. The van der Waals surface area contributed by atoms with E-state index in [2.05, 4.69) is 15.6 Å². The Balaban J connectivity index is 1.75. The van der Waals surface area contributed by atoms with Gasteiger partial charge in [-0.3, -0.25) is 14.6 Å². The zero-order chi connectivity index (χ0) is 27.5. The van der Waals surface area contributed by atoms with E-state index < -0.39 is 61.6 Å². The molecule has 0 bridgehead atoms. The number of rotatable bonds is 8. The maximum atomic E-state index is 15.0. The smallest absolute Gasteiger partial charge is 0.234 e. The van der Waals surface area contributed by atoms with Gasteiger partial charge in [0.25, 0.3) is 0 Å². The van der Waals surface area contributed by atoms with E-state index in [1.165, 1.54) is 32.9 Å². The van der Waals surface area contributed by atoms with Crippen LogP contribution in [0.3, 0.4) is 0 Å². The summed E-state index contributed by atoms with van der Waals surface area (Å²) in [6.45, 7) is 3.87. The zero-order valence-corrected chi connectivity index (χ0v) is 21.1. The topological polar surface area (TPSA) is 105 Å². The molecule has 12 heteroatoms. The average molecular weight is 540 g/mol. The van der Waals surface area contributed by atoms with Crippen LogP contribution in [0.25, 0.3) is 0 Å². The van der Waals surface area contributed by atoms with Crippen LogP contribution in [-0.4, -0.2) is 31.0 Å². The van der Waals surface area contributed by atoms with Crippen molar-refractivity contribution < 1.29 is 35.6 Å². The van der Waals surface area contributed by atoms with Gasteiger partial charge in [0, 0.05) is 29.6 Å². The lowest BCUT2D eigenvalue weighted by atomic mass is 9.82. The van der Waals surface area contributed by atoms with E-state index in [4.69, 9.17) is 0 Å². The molecule has 1 aromatic carbocycles. The molecular weight excluding hydrogens is 514 g/mol. The van der Waals surface area contributed by atoms with Gasteiger partial charge in [0.1, 0.15) is 29.0 Å². The molecule has 0 radical (unpaired) electrons. The fraction of sp³-hybridized carbons (Fsp3) is 0.320. The number of hydrogen-bond acceptors (Lipinski definition) is 5. The van der Waals surface area contributed by atoms with Crippen molar-refractivity contribution >= 4 is 27.3 Å². The first kappa shape index (κ1) is 28.0. The molecule has 2 amide bonds. The normalized spacial score (nSPS) is 14.3. The van der Waals surface area contributed by atoms with Crippen LogP contribution < -0.4 is 10.6 Å². The molecule has 1 aromatic heterocycles. The lowest BCUT2D eigenvalue weighted by Gasteiger charge is -2.26. The van der Waals surface area contributed by atoms with Gasteiger partial charge in [0.2, 0.25) is 11.8 Å². The second-order valence-corrected chi connectivity index (χ2v) is 11.2. The quantitative estimate of drug-likeness (QED) is 0.479. The van der Waals surface area contributed by atoms with Crippen molar-refractivity contribution in [2.45, 2.75) is 50.3 Å². The second-order valence-electron chi connectivity index (χ2n) is 8.88. The monoisotopic (exact) mass is 539 g/mol. The van der Waals surface area contributed by atoms with Crippen LogP contribution in [-0.2, 0) is 31.3 Å². The van der Waals surface area contributed by atoms with E-state index >= 15 is 0 Å². The number of nitrogens with zero attached hydrogens (tertiary/aromatic N) is 1. The third-order valence-corrected chi connectivity index (χ3v) is 7.55. The number of pyridine rings is 1. The maximum Gasteiger partial charge on any atom is 0.234 e. The Morgan fingerprint density at radius 3 is 2.24 bits per heavy atom. The summed E-state index contributed by atoms with van der Waals surface area (Å²) in [5.74, 6) is -5.97. The van der Waals surface area contributed by atoms with E-state index in [0.717, 1.165) is 24.4 Å². The Kier molecular flexibility index (Phi) is 8.21. The first-order valence-corrected chi connectivity index (χ1v) is 12.9. The van der Waals surface area contributed by atoms with E-state index in [-0.39, 0.29) is 41.3 Å². The molecule has 198 valence electrons. The molecule has 1 heterocycles. The molecule has 0 saturated heterocycles. The third-order valence-electron chi connectivity index (χ3n) is 5.83. The highest BCUT2D eigenvalue weighted by Crippen LogP contribution is 2.33. The van der Waals surface area contributed by atoms with Crippen LogP contribution >= 0.6 is 0 Å². The molecule has 1 aliphatic carbocycles. The molecule has 3 rings (SSSR count). The van der Waals surface area contributed by atoms with Crippen molar-refractivity contribution in [1.82, 2.24) is 10.3 Å². The summed E-state index contributed by atoms with van der Waals surface area (Å²) in [4.78, 5) is 29.0. The molecule has 2 aromatic rings. The first-order valence-electron chi connectivity index (χ1n) is 11.3. The molecule has 0 aliphatic heterocycles. The summed E-state index contributed by atoms with van der Waals surface area (Å²) in [6, 6.07) is 4.30. The van der Waals surface area contributed by atoms with Crippen molar-refractivity contribution in [3.8, 4) is 0 Å². The fourth-order valence-corrected chi connectivity index (χ4v) is 4.49. The van der Waals surface area contributed by atoms with Gasteiger partial charge >= 0.3 is 0 Å². The van der Waals surface area contributed by atoms with Crippen LogP contribution in [0, 0.1) is 11.6 Å². The number of carbonyl (C=O) groups excluding carboxylic acids is 2. The van der Waals surface area contributed by atoms with Crippen LogP contribution in [0.5, 0.6) is 0 Å². The number of allylic oxidation sites excluding steroid dienone is 3. The van der Waals surface area contributed by atoms with Crippen LogP contribution in [0.15, 0.2) is 58.8 Å². The number of nitrogens with one attached hydrogen (secondary N) is 2. The highest BCUT2D eigenvalue weighted by atomic mass is 32.2. The highest BCUT2D eigenvalue weighted by molar-refractivity contribution is 7.91. The number of aromatic nitrogens is 1. The molecule has 0 saturated carbocycles. The minimum absolute atomic E-state index is 0.00631. The molecule has 0 fully saturated rings. The number of halogens is 4. The number of hydrogen-bond donors (Lipinski definition) is 2. The van der Waals surface area contributed by atoms with Gasteiger partial charge in [0.05, 0.1) is 22.5 Å². The van der Waals surface area contributed by atoms with Crippen LogP contribution in [0.2, 0.25) is 0 Å². The van der Waals surface area contributed by atoms with Gasteiger partial charge in [-0.25, -0.2) is 26.0 Å². The third kappa shape index (κ3) is 6.24. The van der Waals surface area contributed by atoms with Crippen LogP contribution in [0.4, 0.5) is 23.2 Å². The predicted molar refractivity (Wildman–Crippen MR) is 128 cm³/mol. The number of benzene rings is 1. The van der Waals surface area contributed by atoms with E-state index in [9.17, 15) is 35.6 Å². The standard InChI is InChI=1S/C25H25F4N3O4S/c1-4-37(35,36)16-9-8-14(30-13-16)12-21(33)31-15-10-19(28)22(20(29)11-15)25(2,3)24(34)32-23-17(26)6-5-7-18(23)27/h6,8-11,13H,4-5,7,12H2,1-3H3,(H,31,33)(H,32,34). The summed E-state index contributed by atoms with van der Waals surface area (Å²) < 4.78 is 81.6. The number of carbonyl (C=O) groups is 2. The minimum atomic E-state index is -3.46. The van der Waals surface area contributed by atoms with Gasteiger partial charge in [-0.15, -0.1) is 0 Å². The Hall–Kier alpha value is -3.54. The van der Waals surface area contributed by atoms with E-state index in [1.807, 2.05) is 0 Å². The maximum absolute atomic E-state index is 15.0. The summed E-state index contributed by atoms with van der Waals surface area (Å²) in [6.07, 6.45) is 1.93. The van der Waals surface area contributed by atoms with Gasteiger partial charge in [-0.1, -0.05) is 6.92 Å². The average Bonchev–Trinajstić information content (AvgIpc) is 2.81. The van der Waals surface area contributed by atoms with Crippen molar-refractivity contribution in [1.29, 1.82) is 0 Å². The molecule has 2 N–H and O–H groups in total. The van der Waals surface area contributed by atoms with E-state index in [0.29, 0.717) is 0 Å². The summed E-state index contributed by atoms with van der Waals surface area (Å²) in [7, 11) is -3.46. The lowest BCUT2D eigenvalue weighted by molar-refractivity contribution is -0.125. The molecule has 7 nitrogen and oxygen atoms in total. The number of amides is 2. The van der Waals surface area contributed by atoms with E-state index in [1.54, 1.807) is 0 Å². The Labute approximate surface area is 211 Å². The summed E-state index contributed by atoms with van der Waals surface area (Å²) in [5.41, 5.74) is -3.19. The van der Waals surface area contributed by atoms with Crippen molar-refractivity contribution in [3.63, 3.8) is 0 Å². The molecule has 1 aliphatic rings. The van der Waals surface area contributed by atoms with Gasteiger partial charge in [0.15, 0.2) is 9.84 Å². The molecular formula is C25H25F4N3O4S. The Morgan fingerprint density at radius 1 is 1.05 bits per heavy atom. The molecule has 0 unspecified atom stereocenters. The number of sulfone groups is 1. The summed E-state index contributed by atoms with van der Waals surface area (Å²) >= 11 is 0. The summed E-state index contributed by atoms with van der Waals surface area (Å²) in [5, 5.41) is 4.40. The largest absolute Gasteiger partial charge is 0.326 e. The van der Waals surface area contributed by atoms with Gasteiger partial charge in [-0.2, -0.15) is 0 Å². The Morgan fingerprint density at radius 2 is 1.70 bits per heavy atom. The minimum Gasteiger partial charge on any atom is -0.326 e. The first-order chi connectivity index (χ1) is 17.3. The van der Waals surface area contributed by atoms with Crippen molar-refractivity contribution in [2.75, 3.05) is 11.1 Å². The molecule has 0 atom stereocenters. The fourth-order valence-electron chi connectivity index (χ4n) is 3.67. The van der Waals surface area contributed by atoms with Gasteiger partial charge < -0.3 is 10.6 Å². The SMILES string of the molecule is CCS(=O)(=O)c1ccc(CC(=O)Nc2cc(F)c(C(C)(C)C(=O)NC3=C(F)CCC=C3F)c(F)c2)nc1.